The summed E-state index contributed by atoms with van der Waals surface area (Å²) in [4.78, 5) is 18.1. The van der Waals surface area contributed by atoms with Gasteiger partial charge in [-0.05, 0) is 61.7 Å². The van der Waals surface area contributed by atoms with Gasteiger partial charge in [0.25, 0.3) is 0 Å². The molecule has 0 unspecified atom stereocenters. The van der Waals surface area contributed by atoms with Crippen LogP contribution in [0.2, 0.25) is 5.02 Å². The molecular formula is C24H25ClN2O2. The first kappa shape index (κ1) is 19.7. The molecule has 5 heteroatoms. The predicted molar refractivity (Wildman–Crippen MR) is 118 cm³/mol. The van der Waals surface area contributed by atoms with E-state index in [1.807, 2.05) is 55.5 Å². The maximum absolute atomic E-state index is 13.6. The van der Waals surface area contributed by atoms with E-state index in [0.29, 0.717) is 11.6 Å². The van der Waals surface area contributed by atoms with Crippen LogP contribution in [0.25, 0.3) is 10.9 Å². The van der Waals surface area contributed by atoms with Crippen LogP contribution in [0.4, 0.5) is 5.69 Å². The molecule has 4 rings (SSSR count). The van der Waals surface area contributed by atoms with E-state index in [4.69, 9.17) is 16.3 Å². The number of hydrogen-bond acceptors (Lipinski definition) is 3. The van der Waals surface area contributed by atoms with Crippen LogP contribution >= 0.6 is 11.6 Å². The highest BCUT2D eigenvalue weighted by atomic mass is 35.5. The largest absolute Gasteiger partial charge is 0.492 e. The molecule has 1 saturated carbocycles. The number of amides is 1. The number of carbonyl (C=O) groups excluding carboxylic acids is 1. The number of carbonyl (C=O) groups is 1. The zero-order valence-corrected chi connectivity index (χ0v) is 17.3. The highest BCUT2D eigenvalue weighted by Gasteiger charge is 2.41. The standard InChI is InChI=1S/C24H25ClN2O2/c1-2-29-21-13-12-20(19-7-6-16-26-22(19)21)27-23(28)24(14-4-3-5-15-24)17-8-10-18(25)11-9-17/h6-13,16H,2-5,14-15H2,1H3,(H,27,28). The zero-order valence-electron chi connectivity index (χ0n) is 16.6. The summed E-state index contributed by atoms with van der Waals surface area (Å²) in [6.07, 6.45) is 6.68. The van der Waals surface area contributed by atoms with Crippen LogP contribution in [0.15, 0.2) is 54.7 Å². The highest BCUT2D eigenvalue weighted by Crippen LogP contribution is 2.41. The first-order chi connectivity index (χ1) is 14.1. The van der Waals surface area contributed by atoms with E-state index in [1.54, 1.807) is 6.20 Å². The van der Waals surface area contributed by atoms with Gasteiger partial charge in [0.05, 0.1) is 17.7 Å². The zero-order chi connectivity index (χ0) is 20.3. The minimum Gasteiger partial charge on any atom is -0.492 e. The summed E-state index contributed by atoms with van der Waals surface area (Å²) in [6, 6.07) is 15.4. The third kappa shape index (κ3) is 3.82. The molecule has 1 heterocycles. The summed E-state index contributed by atoms with van der Waals surface area (Å²) < 4.78 is 5.71. The van der Waals surface area contributed by atoms with E-state index >= 15 is 0 Å². The van der Waals surface area contributed by atoms with Gasteiger partial charge in [-0.3, -0.25) is 9.78 Å². The Bertz CT molecular complexity index is 1010. The molecule has 0 atom stereocenters. The number of pyridine rings is 1. The van der Waals surface area contributed by atoms with E-state index < -0.39 is 5.41 Å². The Labute approximate surface area is 176 Å². The van der Waals surface area contributed by atoms with Gasteiger partial charge in [0.15, 0.2) is 0 Å². The van der Waals surface area contributed by atoms with Gasteiger partial charge < -0.3 is 10.1 Å². The molecule has 0 radical (unpaired) electrons. The Morgan fingerprint density at radius 3 is 2.59 bits per heavy atom. The van der Waals surface area contributed by atoms with Crippen molar-refractivity contribution in [2.45, 2.75) is 44.4 Å². The molecule has 2 aromatic carbocycles. The summed E-state index contributed by atoms with van der Waals surface area (Å²) >= 11 is 6.09. The molecule has 150 valence electrons. The van der Waals surface area contributed by atoms with Gasteiger partial charge in [0.2, 0.25) is 5.91 Å². The fraction of sp³-hybridized carbons (Fsp3) is 0.333. The maximum atomic E-state index is 13.6. The number of nitrogens with zero attached hydrogens (tertiary/aromatic N) is 1. The van der Waals surface area contributed by atoms with E-state index in [1.165, 1.54) is 6.42 Å². The second-order valence-electron chi connectivity index (χ2n) is 7.55. The van der Waals surface area contributed by atoms with Crippen molar-refractivity contribution in [3.63, 3.8) is 0 Å². The van der Waals surface area contributed by atoms with Crippen molar-refractivity contribution in [2.75, 3.05) is 11.9 Å². The number of ether oxygens (including phenoxy) is 1. The van der Waals surface area contributed by atoms with Gasteiger partial charge in [-0.25, -0.2) is 0 Å². The van der Waals surface area contributed by atoms with Crippen molar-refractivity contribution in [3.05, 3.63) is 65.3 Å². The molecule has 1 aromatic heterocycles. The third-order valence-corrected chi connectivity index (χ3v) is 6.07. The third-order valence-electron chi connectivity index (χ3n) is 5.82. The van der Waals surface area contributed by atoms with Crippen LogP contribution < -0.4 is 10.1 Å². The van der Waals surface area contributed by atoms with E-state index in [0.717, 1.165) is 53.6 Å². The minimum atomic E-state index is -0.532. The number of halogens is 1. The van der Waals surface area contributed by atoms with Crippen molar-refractivity contribution in [1.29, 1.82) is 0 Å². The summed E-state index contributed by atoms with van der Waals surface area (Å²) in [5.41, 5.74) is 2.03. The van der Waals surface area contributed by atoms with Gasteiger partial charge in [-0.15, -0.1) is 0 Å². The van der Waals surface area contributed by atoms with E-state index in [-0.39, 0.29) is 5.91 Å². The fourth-order valence-corrected chi connectivity index (χ4v) is 4.47. The molecular weight excluding hydrogens is 384 g/mol. The molecule has 29 heavy (non-hydrogen) atoms. The Balaban J connectivity index is 1.72. The van der Waals surface area contributed by atoms with Crippen LogP contribution in [0, 0.1) is 0 Å². The van der Waals surface area contributed by atoms with Gasteiger partial charge in [-0.1, -0.05) is 43.0 Å². The lowest BCUT2D eigenvalue weighted by molar-refractivity contribution is -0.122. The van der Waals surface area contributed by atoms with Gasteiger partial charge in [0.1, 0.15) is 11.3 Å². The normalized spacial score (nSPS) is 15.8. The number of benzene rings is 2. The van der Waals surface area contributed by atoms with E-state index in [9.17, 15) is 4.79 Å². The Morgan fingerprint density at radius 1 is 1.10 bits per heavy atom. The molecule has 4 nitrogen and oxygen atoms in total. The number of hydrogen-bond donors (Lipinski definition) is 1. The van der Waals surface area contributed by atoms with Crippen molar-refractivity contribution >= 4 is 34.1 Å². The summed E-state index contributed by atoms with van der Waals surface area (Å²) in [7, 11) is 0. The Hall–Kier alpha value is -2.59. The van der Waals surface area contributed by atoms with Crippen LogP contribution in [0.3, 0.4) is 0 Å². The lowest BCUT2D eigenvalue weighted by atomic mass is 9.68. The fourth-order valence-electron chi connectivity index (χ4n) is 4.34. The smallest absolute Gasteiger partial charge is 0.235 e. The van der Waals surface area contributed by atoms with E-state index in [2.05, 4.69) is 10.3 Å². The highest BCUT2D eigenvalue weighted by molar-refractivity contribution is 6.30. The molecule has 3 aromatic rings. The maximum Gasteiger partial charge on any atom is 0.235 e. The summed E-state index contributed by atoms with van der Waals surface area (Å²) in [6.45, 7) is 2.51. The van der Waals surface area contributed by atoms with Crippen LogP contribution in [0.5, 0.6) is 5.75 Å². The van der Waals surface area contributed by atoms with Crippen LogP contribution in [0.1, 0.15) is 44.6 Å². The number of aromatic nitrogens is 1. The first-order valence-corrected chi connectivity index (χ1v) is 10.6. The monoisotopic (exact) mass is 408 g/mol. The first-order valence-electron chi connectivity index (χ1n) is 10.2. The summed E-state index contributed by atoms with van der Waals surface area (Å²) in [5, 5.41) is 4.78. The van der Waals surface area contributed by atoms with Crippen molar-refractivity contribution in [2.24, 2.45) is 0 Å². The SMILES string of the molecule is CCOc1ccc(NC(=O)C2(c3ccc(Cl)cc3)CCCCC2)c2cccnc12. The quantitative estimate of drug-likeness (QED) is 0.552. The van der Waals surface area contributed by atoms with Crippen molar-refractivity contribution in [3.8, 4) is 5.75 Å². The molecule has 0 aliphatic heterocycles. The molecule has 1 N–H and O–H groups in total. The van der Waals surface area contributed by atoms with Crippen LogP contribution in [-0.4, -0.2) is 17.5 Å². The summed E-state index contributed by atoms with van der Waals surface area (Å²) in [5.74, 6) is 0.764. The Kier molecular flexibility index (Phi) is 5.72. The average molecular weight is 409 g/mol. The van der Waals surface area contributed by atoms with Gasteiger partial charge in [-0.2, -0.15) is 0 Å². The van der Waals surface area contributed by atoms with Gasteiger partial charge >= 0.3 is 0 Å². The van der Waals surface area contributed by atoms with Crippen LogP contribution in [-0.2, 0) is 10.2 Å². The molecule has 1 fully saturated rings. The number of fused-ring (bicyclic) bond motifs is 1. The molecule has 0 spiro atoms. The second kappa shape index (κ2) is 8.42. The number of nitrogens with one attached hydrogen (secondary N) is 1. The molecule has 1 amide bonds. The van der Waals surface area contributed by atoms with Gasteiger partial charge in [0, 0.05) is 16.6 Å². The topological polar surface area (TPSA) is 51.2 Å². The lowest BCUT2D eigenvalue weighted by Gasteiger charge is -2.36. The lowest BCUT2D eigenvalue weighted by Crippen LogP contribution is -2.42. The molecule has 1 aliphatic carbocycles. The number of rotatable bonds is 5. The average Bonchev–Trinajstić information content (AvgIpc) is 2.76. The number of anilines is 1. The predicted octanol–water partition coefficient (Wildman–Crippen LogP) is 6.13. The molecule has 0 bridgehead atoms. The Morgan fingerprint density at radius 2 is 1.86 bits per heavy atom. The second-order valence-corrected chi connectivity index (χ2v) is 7.98. The molecule has 1 aliphatic rings. The molecule has 0 saturated heterocycles. The van der Waals surface area contributed by atoms with Crippen molar-refractivity contribution in [1.82, 2.24) is 4.98 Å². The van der Waals surface area contributed by atoms with Crippen molar-refractivity contribution < 1.29 is 9.53 Å². The minimum absolute atomic E-state index is 0.0360.